The van der Waals surface area contributed by atoms with Crippen LogP contribution in [0.25, 0.3) is 0 Å². The lowest BCUT2D eigenvalue weighted by Gasteiger charge is -2.34. The molecule has 2 aromatic rings. The number of hydrogen-bond donors (Lipinski definition) is 1. The van der Waals surface area contributed by atoms with Crippen LogP contribution in [0, 0.1) is 0 Å². The zero-order valence-electron chi connectivity index (χ0n) is 14.1. The van der Waals surface area contributed by atoms with Crippen LogP contribution in [0.15, 0.2) is 40.1 Å². The first-order chi connectivity index (χ1) is 12.4. The van der Waals surface area contributed by atoms with Gasteiger partial charge in [-0.15, -0.1) is 0 Å². The summed E-state index contributed by atoms with van der Waals surface area (Å²) in [6, 6.07) is 6.96. The van der Waals surface area contributed by atoms with E-state index in [0.717, 1.165) is 4.57 Å². The van der Waals surface area contributed by atoms with E-state index in [4.69, 9.17) is 11.6 Å². The zero-order valence-corrected chi connectivity index (χ0v) is 14.8. The number of aromatic amines is 1. The maximum absolute atomic E-state index is 12.5. The number of halogens is 1. The predicted molar refractivity (Wildman–Crippen MR) is 96.4 cm³/mol. The highest BCUT2D eigenvalue weighted by Gasteiger charge is 2.28. The number of carbonyl (C=O) groups excluding carboxylic acids is 2. The molecule has 1 saturated heterocycles. The maximum Gasteiger partial charge on any atom is 0.328 e. The molecule has 0 radical (unpaired) electrons. The Morgan fingerprint density at radius 3 is 2.69 bits per heavy atom. The predicted octanol–water partition coefficient (Wildman–Crippen LogP) is 0.145. The van der Waals surface area contributed by atoms with Gasteiger partial charge in [0, 0.05) is 42.6 Å². The topological polar surface area (TPSA) is 95.5 Å². The minimum absolute atomic E-state index is 0.0744. The fourth-order valence-corrected chi connectivity index (χ4v) is 3.00. The third-order valence-electron chi connectivity index (χ3n) is 4.29. The summed E-state index contributed by atoms with van der Waals surface area (Å²) in [7, 11) is 1.34. The molecule has 1 N–H and O–H groups in total. The Morgan fingerprint density at radius 1 is 1.23 bits per heavy atom. The lowest BCUT2D eigenvalue weighted by Crippen LogP contribution is -2.53. The Labute approximate surface area is 153 Å². The number of rotatable bonds is 3. The average Bonchev–Trinajstić information content (AvgIpc) is 2.62. The summed E-state index contributed by atoms with van der Waals surface area (Å²) in [6.07, 6.45) is 1.07. The van der Waals surface area contributed by atoms with E-state index < -0.39 is 11.2 Å². The van der Waals surface area contributed by atoms with Gasteiger partial charge in [-0.1, -0.05) is 17.7 Å². The van der Waals surface area contributed by atoms with Crippen LogP contribution in [0.5, 0.6) is 0 Å². The number of anilines is 1. The van der Waals surface area contributed by atoms with Crippen molar-refractivity contribution in [3.8, 4) is 0 Å². The van der Waals surface area contributed by atoms with Gasteiger partial charge in [-0.2, -0.15) is 0 Å². The van der Waals surface area contributed by atoms with Crippen molar-refractivity contribution in [2.45, 2.75) is 6.42 Å². The van der Waals surface area contributed by atoms with Crippen LogP contribution in [0.2, 0.25) is 5.02 Å². The number of nitrogens with zero attached hydrogens (tertiary/aromatic N) is 3. The molecular weight excluding hydrogens is 360 g/mol. The van der Waals surface area contributed by atoms with E-state index >= 15 is 0 Å². The van der Waals surface area contributed by atoms with Gasteiger partial charge in [0.15, 0.2) is 0 Å². The molecule has 2 heterocycles. The molecule has 1 aliphatic heterocycles. The van der Waals surface area contributed by atoms with Gasteiger partial charge in [0.05, 0.1) is 6.42 Å². The second-order valence-electron chi connectivity index (χ2n) is 6.00. The quantitative estimate of drug-likeness (QED) is 0.824. The van der Waals surface area contributed by atoms with Crippen molar-refractivity contribution in [1.29, 1.82) is 0 Å². The van der Waals surface area contributed by atoms with Crippen molar-refractivity contribution in [3.63, 3.8) is 0 Å². The first-order valence-electron chi connectivity index (χ1n) is 7.98. The Morgan fingerprint density at radius 2 is 2.00 bits per heavy atom. The van der Waals surface area contributed by atoms with E-state index in [-0.39, 0.29) is 30.3 Å². The van der Waals surface area contributed by atoms with Crippen molar-refractivity contribution >= 4 is 29.1 Å². The van der Waals surface area contributed by atoms with Crippen LogP contribution in [0.4, 0.5) is 5.69 Å². The third kappa shape index (κ3) is 3.55. The van der Waals surface area contributed by atoms with Crippen LogP contribution in [0.1, 0.15) is 5.56 Å². The van der Waals surface area contributed by atoms with Crippen molar-refractivity contribution in [2.75, 3.05) is 24.5 Å². The largest absolute Gasteiger partial charge is 0.331 e. The molecule has 136 valence electrons. The number of hydrogen-bond acceptors (Lipinski definition) is 4. The van der Waals surface area contributed by atoms with E-state index in [2.05, 4.69) is 4.98 Å². The minimum Gasteiger partial charge on any atom is -0.331 e. The molecule has 1 aliphatic rings. The Kier molecular flexibility index (Phi) is 4.94. The molecule has 1 aromatic carbocycles. The fourth-order valence-electron chi connectivity index (χ4n) is 2.82. The number of amides is 2. The van der Waals surface area contributed by atoms with Crippen LogP contribution >= 0.6 is 11.6 Å². The average molecular weight is 377 g/mol. The number of piperazine rings is 1. The summed E-state index contributed by atoms with van der Waals surface area (Å²) in [6.45, 7) is 0.615. The van der Waals surface area contributed by atoms with E-state index in [1.165, 1.54) is 18.1 Å². The molecule has 0 saturated carbocycles. The molecule has 0 unspecified atom stereocenters. The molecule has 8 nitrogen and oxygen atoms in total. The molecule has 0 bridgehead atoms. The van der Waals surface area contributed by atoms with E-state index in [1.54, 1.807) is 29.2 Å². The van der Waals surface area contributed by atoms with Crippen LogP contribution in [-0.2, 0) is 23.1 Å². The first kappa shape index (κ1) is 17.9. The highest BCUT2D eigenvalue weighted by molar-refractivity contribution is 6.30. The molecule has 1 fully saturated rings. The number of nitrogens with one attached hydrogen (secondary N) is 1. The normalized spacial score (nSPS) is 14.6. The summed E-state index contributed by atoms with van der Waals surface area (Å²) in [5, 5.41) is 0.530. The van der Waals surface area contributed by atoms with Crippen molar-refractivity contribution in [3.05, 3.63) is 61.9 Å². The van der Waals surface area contributed by atoms with Crippen molar-refractivity contribution in [2.24, 2.45) is 7.05 Å². The second kappa shape index (κ2) is 7.17. The minimum atomic E-state index is -0.545. The molecule has 0 aliphatic carbocycles. The zero-order chi connectivity index (χ0) is 18.8. The van der Waals surface area contributed by atoms with Crippen LogP contribution < -0.4 is 16.1 Å². The molecule has 26 heavy (non-hydrogen) atoms. The van der Waals surface area contributed by atoms with E-state index in [0.29, 0.717) is 23.8 Å². The second-order valence-corrected chi connectivity index (χ2v) is 6.44. The Balaban J connectivity index is 1.70. The molecule has 1 aromatic heterocycles. The Hall–Kier alpha value is -2.87. The molecule has 3 rings (SSSR count). The van der Waals surface area contributed by atoms with E-state index in [9.17, 15) is 19.2 Å². The van der Waals surface area contributed by atoms with Gasteiger partial charge in [-0.25, -0.2) is 4.79 Å². The lowest BCUT2D eigenvalue weighted by atomic mass is 10.2. The van der Waals surface area contributed by atoms with Crippen molar-refractivity contribution in [1.82, 2.24) is 14.5 Å². The number of carbonyl (C=O) groups is 2. The monoisotopic (exact) mass is 376 g/mol. The highest BCUT2D eigenvalue weighted by atomic mass is 35.5. The number of benzene rings is 1. The fraction of sp³-hybridized carbons (Fsp3) is 0.294. The number of aromatic nitrogens is 2. The van der Waals surface area contributed by atoms with Crippen LogP contribution in [0.3, 0.4) is 0 Å². The highest BCUT2D eigenvalue weighted by Crippen LogP contribution is 2.21. The van der Waals surface area contributed by atoms with Gasteiger partial charge in [-0.3, -0.25) is 19.0 Å². The van der Waals surface area contributed by atoms with Gasteiger partial charge in [0.25, 0.3) is 5.56 Å². The third-order valence-corrected chi connectivity index (χ3v) is 4.52. The van der Waals surface area contributed by atoms with Gasteiger partial charge in [0.1, 0.15) is 6.54 Å². The molecule has 0 spiro atoms. The summed E-state index contributed by atoms with van der Waals surface area (Å²) in [4.78, 5) is 53.7. The van der Waals surface area contributed by atoms with Gasteiger partial charge in [-0.05, 0) is 18.2 Å². The maximum atomic E-state index is 12.5. The van der Waals surface area contributed by atoms with Gasteiger partial charge in [0.2, 0.25) is 11.8 Å². The number of H-pyrrole nitrogens is 1. The summed E-state index contributed by atoms with van der Waals surface area (Å²) in [5.74, 6) is -0.561. The Bertz CT molecular complexity index is 981. The van der Waals surface area contributed by atoms with Crippen LogP contribution in [-0.4, -0.2) is 45.9 Å². The van der Waals surface area contributed by atoms with Crippen molar-refractivity contribution < 1.29 is 9.59 Å². The van der Waals surface area contributed by atoms with Gasteiger partial charge < -0.3 is 14.8 Å². The van der Waals surface area contributed by atoms with E-state index in [1.807, 2.05) is 0 Å². The SMILES string of the molecule is Cn1c(=O)[nH]cc(CC(=O)N2CCN(c3cccc(Cl)c3)C(=O)C2)c1=O. The first-order valence-corrected chi connectivity index (χ1v) is 8.36. The van der Waals surface area contributed by atoms with Gasteiger partial charge >= 0.3 is 5.69 Å². The summed E-state index contributed by atoms with van der Waals surface area (Å²) >= 11 is 5.96. The molecular formula is C17H17ClN4O4. The standard InChI is InChI=1S/C17H17ClN4O4/c1-20-16(25)11(9-19-17(20)26)7-14(23)21-5-6-22(15(24)10-21)13-4-2-3-12(18)8-13/h2-4,8-9H,5-7,10H2,1H3,(H,19,26). The smallest absolute Gasteiger partial charge is 0.328 e. The summed E-state index contributed by atoms with van der Waals surface area (Å²) < 4.78 is 0.908. The summed E-state index contributed by atoms with van der Waals surface area (Å²) in [5.41, 5.74) is -0.201. The molecule has 0 atom stereocenters. The molecule has 9 heteroatoms. The lowest BCUT2D eigenvalue weighted by molar-refractivity contribution is -0.136. The molecule has 2 amide bonds.